The van der Waals surface area contributed by atoms with Gasteiger partial charge in [0.25, 0.3) is 5.91 Å². The molecule has 1 fully saturated rings. The fourth-order valence-corrected chi connectivity index (χ4v) is 5.82. The molecule has 5 rings (SSSR count). The maximum atomic E-state index is 13.9. The number of fused-ring (bicyclic) bond motifs is 2. The average Bonchev–Trinajstić information content (AvgIpc) is 3.33. The van der Waals surface area contributed by atoms with Crippen molar-refractivity contribution in [3.05, 3.63) is 95.3 Å². The van der Waals surface area contributed by atoms with Crippen LogP contribution >= 0.6 is 11.8 Å². The molecule has 3 aromatic carbocycles. The number of carbonyl (C=O) groups excluding carboxylic acids is 2. The van der Waals surface area contributed by atoms with E-state index in [2.05, 4.69) is 5.32 Å². The van der Waals surface area contributed by atoms with Crippen LogP contribution in [0.25, 0.3) is 0 Å². The molecule has 0 unspecified atom stereocenters. The number of nitrogens with one attached hydrogen (secondary N) is 1. The fraction of sp³-hybridized carbons (Fsp3) is 0.200. The molecule has 1 N–H and O–H groups in total. The van der Waals surface area contributed by atoms with E-state index in [-0.39, 0.29) is 17.8 Å². The third-order valence-electron chi connectivity index (χ3n) is 5.87. The van der Waals surface area contributed by atoms with Crippen molar-refractivity contribution in [1.82, 2.24) is 4.90 Å². The van der Waals surface area contributed by atoms with Crippen LogP contribution in [0.15, 0.2) is 72.8 Å². The minimum atomic E-state index is -1.11. The number of aryl methyl sites for hydroxylation is 1. The molecule has 2 aliphatic heterocycles. The Hall–Kier alpha value is -3.32. The molecule has 0 aliphatic carbocycles. The number of hydrogen-bond donors (Lipinski definition) is 1. The topological polar surface area (TPSA) is 52.7 Å². The number of rotatable bonds is 3. The Balaban J connectivity index is 1.53. The van der Waals surface area contributed by atoms with E-state index in [1.54, 1.807) is 21.9 Å². The molecular formula is C25H22FN3O2S. The summed E-state index contributed by atoms with van der Waals surface area (Å²) < 4.78 is 13.4. The second-order valence-electron chi connectivity index (χ2n) is 7.98. The van der Waals surface area contributed by atoms with E-state index < -0.39 is 4.87 Å². The first-order valence-electron chi connectivity index (χ1n) is 10.4. The Morgan fingerprint density at radius 1 is 1.09 bits per heavy atom. The van der Waals surface area contributed by atoms with Crippen molar-refractivity contribution >= 4 is 35.1 Å². The first-order chi connectivity index (χ1) is 15.5. The van der Waals surface area contributed by atoms with E-state index in [0.29, 0.717) is 24.5 Å². The minimum Gasteiger partial charge on any atom is -0.308 e. The molecule has 1 spiro atoms. The zero-order chi connectivity index (χ0) is 22.3. The number of halogens is 1. The maximum absolute atomic E-state index is 13.9. The van der Waals surface area contributed by atoms with Crippen molar-refractivity contribution in [2.75, 3.05) is 22.5 Å². The Labute approximate surface area is 190 Å². The van der Waals surface area contributed by atoms with Crippen LogP contribution < -0.4 is 10.2 Å². The van der Waals surface area contributed by atoms with Crippen LogP contribution in [0.5, 0.6) is 0 Å². The molecule has 0 aromatic heterocycles. The predicted molar refractivity (Wildman–Crippen MR) is 125 cm³/mol. The Morgan fingerprint density at radius 3 is 2.59 bits per heavy atom. The molecule has 7 heteroatoms. The highest BCUT2D eigenvalue weighted by Gasteiger charge is 2.59. The number of urea groups is 1. The van der Waals surface area contributed by atoms with Gasteiger partial charge in [-0.3, -0.25) is 9.69 Å². The highest BCUT2D eigenvalue weighted by molar-refractivity contribution is 8.01. The van der Waals surface area contributed by atoms with Gasteiger partial charge in [-0.05, 0) is 42.8 Å². The summed E-state index contributed by atoms with van der Waals surface area (Å²) in [7, 11) is 0. The molecule has 2 aliphatic rings. The predicted octanol–water partition coefficient (Wildman–Crippen LogP) is 5.11. The van der Waals surface area contributed by atoms with Crippen LogP contribution in [-0.4, -0.2) is 29.1 Å². The second-order valence-corrected chi connectivity index (χ2v) is 9.27. The van der Waals surface area contributed by atoms with Gasteiger partial charge in [0.15, 0.2) is 4.87 Å². The van der Waals surface area contributed by atoms with Crippen LogP contribution in [0.4, 0.5) is 20.6 Å². The number of thioether (sulfide) groups is 1. The molecule has 1 saturated heterocycles. The van der Waals surface area contributed by atoms with E-state index in [4.69, 9.17) is 0 Å². The van der Waals surface area contributed by atoms with Crippen molar-refractivity contribution in [3.8, 4) is 0 Å². The summed E-state index contributed by atoms with van der Waals surface area (Å²) in [6.07, 6.45) is 0. The van der Waals surface area contributed by atoms with E-state index in [1.807, 2.05) is 55.5 Å². The summed E-state index contributed by atoms with van der Waals surface area (Å²) in [5.41, 5.74) is 4.15. The molecule has 5 nitrogen and oxygen atoms in total. The number of benzene rings is 3. The van der Waals surface area contributed by atoms with Crippen LogP contribution in [0.1, 0.15) is 16.7 Å². The van der Waals surface area contributed by atoms with E-state index >= 15 is 0 Å². The quantitative estimate of drug-likeness (QED) is 0.607. The van der Waals surface area contributed by atoms with E-state index in [1.165, 1.54) is 23.9 Å². The summed E-state index contributed by atoms with van der Waals surface area (Å²) in [5, 5.41) is 2.93. The second kappa shape index (κ2) is 7.98. The van der Waals surface area contributed by atoms with Gasteiger partial charge in [0.1, 0.15) is 5.82 Å². The largest absolute Gasteiger partial charge is 0.323 e. The van der Waals surface area contributed by atoms with Gasteiger partial charge in [-0.2, -0.15) is 0 Å². The zero-order valence-electron chi connectivity index (χ0n) is 17.5. The van der Waals surface area contributed by atoms with Gasteiger partial charge in [0, 0.05) is 23.5 Å². The summed E-state index contributed by atoms with van der Waals surface area (Å²) >= 11 is 1.49. The van der Waals surface area contributed by atoms with Crippen molar-refractivity contribution in [3.63, 3.8) is 0 Å². The van der Waals surface area contributed by atoms with Gasteiger partial charge >= 0.3 is 6.03 Å². The molecule has 0 saturated carbocycles. The molecule has 3 amide bonds. The van der Waals surface area contributed by atoms with Crippen LogP contribution in [0.2, 0.25) is 0 Å². The molecular weight excluding hydrogens is 425 g/mol. The number of anilines is 2. The highest BCUT2D eigenvalue weighted by atomic mass is 32.2. The number of carbonyl (C=O) groups is 2. The Bertz CT molecular complexity index is 1190. The molecule has 2 heterocycles. The van der Waals surface area contributed by atoms with Crippen LogP contribution in [0, 0.1) is 12.7 Å². The Morgan fingerprint density at radius 2 is 1.84 bits per heavy atom. The van der Waals surface area contributed by atoms with Gasteiger partial charge in [0.2, 0.25) is 0 Å². The summed E-state index contributed by atoms with van der Waals surface area (Å²) in [4.78, 5) is 29.5. The lowest BCUT2D eigenvalue weighted by atomic mass is 10.0. The first-order valence-corrected chi connectivity index (χ1v) is 11.4. The van der Waals surface area contributed by atoms with Gasteiger partial charge in [-0.15, -0.1) is 11.8 Å². The van der Waals surface area contributed by atoms with E-state index in [9.17, 15) is 14.0 Å². The lowest BCUT2D eigenvalue weighted by Crippen LogP contribution is -2.51. The van der Waals surface area contributed by atoms with Gasteiger partial charge < -0.3 is 10.2 Å². The summed E-state index contributed by atoms with van der Waals surface area (Å²) in [6, 6.07) is 21.0. The molecule has 0 bridgehead atoms. The molecule has 3 aromatic rings. The zero-order valence-corrected chi connectivity index (χ0v) is 18.4. The molecule has 0 radical (unpaired) electrons. The van der Waals surface area contributed by atoms with Gasteiger partial charge in [-0.1, -0.05) is 48.0 Å². The summed E-state index contributed by atoms with van der Waals surface area (Å²) in [6.45, 7) is 2.76. The lowest BCUT2D eigenvalue weighted by Gasteiger charge is -2.33. The minimum absolute atomic E-state index is 0.145. The Kier molecular flexibility index (Phi) is 5.13. The van der Waals surface area contributed by atoms with Crippen molar-refractivity contribution < 1.29 is 14.0 Å². The maximum Gasteiger partial charge on any atom is 0.323 e. The number of para-hydroxylation sites is 1. The van der Waals surface area contributed by atoms with Crippen molar-refractivity contribution in [2.24, 2.45) is 0 Å². The van der Waals surface area contributed by atoms with Crippen LogP contribution in [-0.2, 0) is 16.2 Å². The number of amides is 3. The molecule has 1 atom stereocenters. The standard InChI is InChI=1S/C25H22FN3O2S/c1-17-7-12-22-21(15-17)25(23(30)28(22)16-18-8-10-19(26)11-9-18)29(13-14-32-25)24(31)27-20-5-3-2-4-6-20/h2-12,15H,13-14,16H2,1H3,(H,27,31)/t25-/m1/s1. The monoisotopic (exact) mass is 447 g/mol. The third kappa shape index (κ3) is 3.33. The van der Waals surface area contributed by atoms with Gasteiger partial charge in [0.05, 0.1) is 12.2 Å². The lowest BCUT2D eigenvalue weighted by molar-refractivity contribution is -0.123. The normalized spacial score (nSPS) is 19.5. The SMILES string of the molecule is Cc1ccc2c(c1)[C@@]1(SCCN1C(=O)Nc1ccccc1)C(=O)N2Cc1ccc(F)cc1. The fourth-order valence-electron chi connectivity index (χ4n) is 4.37. The smallest absolute Gasteiger partial charge is 0.308 e. The van der Waals surface area contributed by atoms with Crippen molar-refractivity contribution in [1.29, 1.82) is 0 Å². The average molecular weight is 448 g/mol. The van der Waals surface area contributed by atoms with Crippen LogP contribution in [0.3, 0.4) is 0 Å². The van der Waals surface area contributed by atoms with Gasteiger partial charge in [-0.25, -0.2) is 9.18 Å². The summed E-state index contributed by atoms with van der Waals surface area (Å²) in [5.74, 6) is 0.198. The van der Waals surface area contributed by atoms with E-state index in [0.717, 1.165) is 22.4 Å². The third-order valence-corrected chi connectivity index (χ3v) is 7.29. The van der Waals surface area contributed by atoms with Crippen molar-refractivity contribution in [2.45, 2.75) is 18.3 Å². The molecule has 32 heavy (non-hydrogen) atoms. The highest BCUT2D eigenvalue weighted by Crippen LogP contribution is 2.54. The first kappa shape index (κ1) is 20.6. The molecule has 162 valence electrons. The number of nitrogens with zero attached hydrogens (tertiary/aromatic N) is 2. The number of hydrogen-bond acceptors (Lipinski definition) is 3.